The van der Waals surface area contributed by atoms with Crippen molar-refractivity contribution in [3.05, 3.63) is 29.3 Å². The first-order valence-corrected chi connectivity index (χ1v) is 7.52. The van der Waals surface area contributed by atoms with Gasteiger partial charge in [0.2, 0.25) is 0 Å². The van der Waals surface area contributed by atoms with Crippen LogP contribution in [0.4, 0.5) is 14.5 Å². The van der Waals surface area contributed by atoms with E-state index < -0.39 is 11.6 Å². The maximum absolute atomic E-state index is 14.1. The molecule has 1 heterocycles. The Bertz CT molecular complexity index is 525. The lowest BCUT2D eigenvalue weighted by atomic mass is 10.2. The third kappa shape index (κ3) is 3.92. The highest BCUT2D eigenvalue weighted by atomic mass is 19.1. The van der Waals surface area contributed by atoms with Gasteiger partial charge >= 0.3 is 0 Å². The number of halogens is 2. The van der Waals surface area contributed by atoms with Crippen molar-refractivity contribution in [2.75, 3.05) is 37.6 Å². The first-order chi connectivity index (χ1) is 10.2. The highest BCUT2D eigenvalue weighted by Crippen LogP contribution is 2.24. The maximum Gasteiger partial charge on any atom is 0.148 e. The average molecular weight is 293 g/mol. The van der Waals surface area contributed by atoms with E-state index in [0.717, 1.165) is 44.6 Å². The lowest BCUT2D eigenvalue weighted by molar-refractivity contribution is 0.289. The summed E-state index contributed by atoms with van der Waals surface area (Å²) in [7, 11) is 0. The Hall–Kier alpha value is -1.67. The smallest absolute Gasteiger partial charge is 0.148 e. The number of nitriles is 1. The Balaban J connectivity index is 2.09. The van der Waals surface area contributed by atoms with Crippen LogP contribution in [0.2, 0.25) is 0 Å². The molecule has 1 saturated heterocycles. The van der Waals surface area contributed by atoms with Gasteiger partial charge in [0.05, 0.1) is 11.3 Å². The molecule has 0 radical (unpaired) electrons. The summed E-state index contributed by atoms with van der Waals surface area (Å²) in [5, 5.41) is 8.73. The van der Waals surface area contributed by atoms with Crippen molar-refractivity contribution in [1.82, 2.24) is 4.90 Å². The quantitative estimate of drug-likeness (QED) is 0.854. The highest BCUT2D eigenvalue weighted by molar-refractivity contribution is 5.52. The number of unbranched alkanes of at least 4 members (excludes halogenated alkanes) is 1. The van der Waals surface area contributed by atoms with Crippen LogP contribution >= 0.6 is 0 Å². The molecule has 1 aromatic rings. The van der Waals surface area contributed by atoms with E-state index in [1.54, 1.807) is 6.07 Å². The summed E-state index contributed by atoms with van der Waals surface area (Å²) in [4.78, 5) is 4.26. The van der Waals surface area contributed by atoms with Crippen molar-refractivity contribution < 1.29 is 8.78 Å². The molecular formula is C16H21F2N3. The van der Waals surface area contributed by atoms with Crippen molar-refractivity contribution in [1.29, 1.82) is 5.26 Å². The molecule has 0 bridgehead atoms. The monoisotopic (exact) mass is 293 g/mol. The zero-order chi connectivity index (χ0) is 15.2. The Kier molecular flexibility index (Phi) is 5.51. The second-order valence-electron chi connectivity index (χ2n) is 5.43. The molecule has 1 aliphatic rings. The van der Waals surface area contributed by atoms with Crippen LogP contribution in [0, 0.1) is 23.0 Å². The minimum Gasteiger partial charge on any atom is -0.368 e. The Morgan fingerprint density at radius 1 is 1.14 bits per heavy atom. The molecule has 0 amide bonds. The average Bonchev–Trinajstić information content (AvgIpc) is 2.72. The number of rotatable bonds is 4. The molecular weight excluding hydrogens is 272 g/mol. The molecule has 0 saturated carbocycles. The summed E-state index contributed by atoms with van der Waals surface area (Å²) in [6.45, 7) is 6.49. The molecule has 0 N–H and O–H groups in total. The molecule has 5 heteroatoms. The molecule has 3 nitrogen and oxygen atoms in total. The molecule has 0 spiro atoms. The minimum absolute atomic E-state index is 0.240. The van der Waals surface area contributed by atoms with Gasteiger partial charge in [-0.3, -0.25) is 0 Å². The number of benzene rings is 1. The summed E-state index contributed by atoms with van der Waals surface area (Å²) >= 11 is 0. The molecule has 0 aromatic heterocycles. The largest absolute Gasteiger partial charge is 0.368 e. The second kappa shape index (κ2) is 7.37. The van der Waals surface area contributed by atoms with Crippen molar-refractivity contribution in [2.24, 2.45) is 0 Å². The number of anilines is 1. The van der Waals surface area contributed by atoms with Crippen molar-refractivity contribution >= 4 is 5.69 Å². The molecule has 1 fully saturated rings. The molecule has 1 aromatic carbocycles. The molecule has 0 unspecified atom stereocenters. The first-order valence-electron chi connectivity index (χ1n) is 7.52. The van der Waals surface area contributed by atoms with E-state index in [4.69, 9.17) is 5.26 Å². The van der Waals surface area contributed by atoms with Crippen LogP contribution in [0.5, 0.6) is 0 Å². The topological polar surface area (TPSA) is 30.3 Å². The summed E-state index contributed by atoms with van der Waals surface area (Å²) < 4.78 is 27.8. The molecule has 2 rings (SSSR count). The van der Waals surface area contributed by atoms with Gasteiger partial charge in [-0.25, -0.2) is 8.78 Å². The lowest BCUT2D eigenvalue weighted by Gasteiger charge is -2.24. The zero-order valence-corrected chi connectivity index (χ0v) is 12.4. The lowest BCUT2D eigenvalue weighted by Crippen LogP contribution is -2.31. The fourth-order valence-corrected chi connectivity index (χ4v) is 2.68. The SMILES string of the molecule is CCCCN1CCCN(c2cc(F)c(C#N)cc2F)CC1. The Morgan fingerprint density at radius 2 is 1.95 bits per heavy atom. The van der Waals surface area contributed by atoms with Gasteiger partial charge in [-0.05, 0) is 32.0 Å². The van der Waals surface area contributed by atoms with E-state index in [2.05, 4.69) is 11.8 Å². The van der Waals surface area contributed by atoms with E-state index in [1.807, 2.05) is 4.90 Å². The predicted octanol–water partition coefficient (Wildman–Crippen LogP) is 3.15. The van der Waals surface area contributed by atoms with Crippen LogP contribution < -0.4 is 4.90 Å². The normalized spacial score (nSPS) is 16.6. The van der Waals surface area contributed by atoms with Crippen LogP contribution in [0.1, 0.15) is 31.7 Å². The van der Waals surface area contributed by atoms with E-state index >= 15 is 0 Å². The van der Waals surface area contributed by atoms with Gasteiger partial charge in [0.15, 0.2) is 0 Å². The van der Waals surface area contributed by atoms with Crippen LogP contribution in [0.25, 0.3) is 0 Å². The maximum atomic E-state index is 14.1. The van der Waals surface area contributed by atoms with Crippen molar-refractivity contribution in [3.63, 3.8) is 0 Å². The molecule has 114 valence electrons. The van der Waals surface area contributed by atoms with Gasteiger partial charge in [0, 0.05) is 25.7 Å². The van der Waals surface area contributed by atoms with Gasteiger partial charge in [-0.2, -0.15) is 5.26 Å². The third-order valence-corrected chi connectivity index (χ3v) is 3.91. The van der Waals surface area contributed by atoms with Crippen molar-refractivity contribution in [2.45, 2.75) is 26.2 Å². The third-order valence-electron chi connectivity index (χ3n) is 3.91. The summed E-state index contributed by atoms with van der Waals surface area (Å²) in [6.07, 6.45) is 3.26. The predicted molar refractivity (Wildman–Crippen MR) is 79.3 cm³/mol. The number of hydrogen-bond acceptors (Lipinski definition) is 3. The van der Waals surface area contributed by atoms with Gasteiger partial charge in [-0.15, -0.1) is 0 Å². The van der Waals surface area contributed by atoms with E-state index in [0.29, 0.717) is 13.1 Å². The fourth-order valence-electron chi connectivity index (χ4n) is 2.68. The van der Waals surface area contributed by atoms with Gasteiger partial charge in [0.25, 0.3) is 0 Å². The van der Waals surface area contributed by atoms with Gasteiger partial charge < -0.3 is 9.80 Å². The fraction of sp³-hybridized carbons (Fsp3) is 0.562. The van der Waals surface area contributed by atoms with Crippen LogP contribution in [0.15, 0.2) is 12.1 Å². The molecule has 0 aliphatic carbocycles. The zero-order valence-electron chi connectivity index (χ0n) is 12.4. The van der Waals surface area contributed by atoms with Crippen LogP contribution in [-0.2, 0) is 0 Å². The second-order valence-corrected chi connectivity index (χ2v) is 5.43. The van der Waals surface area contributed by atoms with E-state index in [-0.39, 0.29) is 11.3 Å². The molecule has 1 aliphatic heterocycles. The summed E-state index contributed by atoms with van der Waals surface area (Å²) in [5.41, 5.74) is 0.0273. The Labute approximate surface area is 124 Å². The molecule has 21 heavy (non-hydrogen) atoms. The van der Waals surface area contributed by atoms with E-state index in [9.17, 15) is 8.78 Å². The van der Waals surface area contributed by atoms with E-state index in [1.165, 1.54) is 6.42 Å². The first kappa shape index (κ1) is 15.7. The summed E-state index contributed by atoms with van der Waals surface area (Å²) in [5.74, 6) is -1.17. The summed E-state index contributed by atoms with van der Waals surface area (Å²) in [6, 6.07) is 3.81. The minimum atomic E-state index is -0.652. The highest BCUT2D eigenvalue weighted by Gasteiger charge is 2.19. The van der Waals surface area contributed by atoms with Crippen molar-refractivity contribution in [3.8, 4) is 6.07 Å². The number of nitrogens with zero attached hydrogens (tertiary/aromatic N) is 3. The molecule has 0 atom stereocenters. The van der Waals surface area contributed by atoms with Gasteiger partial charge in [-0.1, -0.05) is 13.3 Å². The van der Waals surface area contributed by atoms with Crippen LogP contribution in [0.3, 0.4) is 0 Å². The van der Waals surface area contributed by atoms with Crippen LogP contribution in [-0.4, -0.2) is 37.6 Å². The Morgan fingerprint density at radius 3 is 2.67 bits per heavy atom. The van der Waals surface area contributed by atoms with Gasteiger partial charge in [0.1, 0.15) is 17.7 Å². The number of hydrogen-bond donors (Lipinski definition) is 0. The standard InChI is InChI=1S/C16H21F2N3/c1-2-3-5-20-6-4-7-21(9-8-20)16-11-14(17)13(12-19)10-15(16)18/h10-11H,2-9H2,1H3.